The number of nitro groups is 1. The number of aromatic nitrogens is 1. The molecule has 1 aromatic heterocycles. The first-order chi connectivity index (χ1) is 19.0. The van der Waals surface area contributed by atoms with E-state index in [1.54, 1.807) is 52.8 Å². The van der Waals surface area contributed by atoms with Crippen LogP contribution in [0.1, 0.15) is 45.9 Å². The third kappa shape index (κ3) is 12.6. The average Bonchev–Trinajstić information content (AvgIpc) is 3.63. The molecule has 2 atom stereocenters. The van der Waals surface area contributed by atoms with Crippen LogP contribution in [0.15, 0.2) is 101 Å². The second-order valence-corrected chi connectivity index (χ2v) is 9.89. The van der Waals surface area contributed by atoms with E-state index in [1.165, 1.54) is 0 Å². The number of anilines is 1. The van der Waals surface area contributed by atoms with Crippen molar-refractivity contribution < 1.29 is 4.92 Å². The smallest absolute Gasteiger partial charge is 0.269 e. The van der Waals surface area contributed by atoms with Crippen molar-refractivity contribution in [3.05, 3.63) is 122 Å². The summed E-state index contributed by atoms with van der Waals surface area (Å²) in [5.74, 6) is 0. The van der Waals surface area contributed by atoms with Crippen LogP contribution in [0.5, 0.6) is 0 Å². The van der Waals surface area contributed by atoms with Gasteiger partial charge in [0.1, 0.15) is 0 Å². The molecule has 6 nitrogen and oxygen atoms in total. The summed E-state index contributed by atoms with van der Waals surface area (Å²) in [6, 6.07) is 6.64. The van der Waals surface area contributed by atoms with Gasteiger partial charge in [-0.3, -0.25) is 10.1 Å². The summed E-state index contributed by atoms with van der Waals surface area (Å²) >= 11 is 7.34. The minimum atomic E-state index is -0.381. The molecule has 0 amide bonds. The topological polar surface area (TPSA) is 80.1 Å². The van der Waals surface area contributed by atoms with Crippen LogP contribution >= 0.6 is 35.7 Å². The van der Waals surface area contributed by atoms with Crippen LogP contribution in [0.4, 0.5) is 10.8 Å². The molecule has 0 radical (unpaired) electrons. The number of rotatable bonds is 12. The minimum Gasteiger partial charge on any atom is -0.371 e. The van der Waals surface area contributed by atoms with Gasteiger partial charge in [0.2, 0.25) is 0 Å². The molecule has 1 aromatic carbocycles. The summed E-state index contributed by atoms with van der Waals surface area (Å²) in [6.07, 6.45) is 15.2. The van der Waals surface area contributed by atoms with Crippen molar-refractivity contribution in [3.8, 4) is 0 Å². The van der Waals surface area contributed by atoms with Crippen LogP contribution in [0.2, 0.25) is 0 Å². The van der Waals surface area contributed by atoms with E-state index in [0.717, 1.165) is 34.1 Å². The van der Waals surface area contributed by atoms with E-state index in [9.17, 15) is 10.1 Å². The molecule has 0 bridgehead atoms. The Morgan fingerprint density at radius 1 is 1.23 bits per heavy atom. The van der Waals surface area contributed by atoms with Gasteiger partial charge in [0, 0.05) is 29.6 Å². The van der Waals surface area contributed by atoms with Crippen LogP contribution in [0.3, 0.4) is 0 Å². The normalized spacial score (nSPS) is 15.7. The van der Waals surface area contributed by atoms with Gasteiger partial charge in [0.05, 0.1) is 22.0 Å². The predicted octanol–water partition coefficient (Wildman–Crippen LogP) is 8.86. The molecule has 0 fully saturated rings. The van der Waals surface area contributed by atoms with Crippen LogP contribution in [-0.4, -0.2) is 21.3 Å². The van der Waals surface area contributed by atoms with Crippen molar-refractivity contribution in [2.24, 2.45) is 0 Å². The molecule has 1 aliphatic heterocycles. The van der Waals surface area contributed by atoms with Crippen LogP contribution in [0, 0.1) is 10.1 Å². The number of nitrogens with one attached hydrogen (secondary N) is 2. The SMILES string of the molecule is C=C/C(C)=C\C=C/Cc1csc(N[C@@H](Cc2ccc([N+](=O)[O-])cc2)C2=CSC(/C=C/C=C\S)N2)n1.CC.CC. The first-order valence-electron chi connectivity index (χ1n) is 13.0. The summed E-state index contributed by atoms with van der Waals surface area (Å²) in [5, 5.41) is 24.9. The Hall–Kier alpha value is -3.01. The highest BCUT2D eigenvalue weighted by atomic mass is 32.2. The largest absolute Gasteiger partial charge is 0.371 e. The third-order valence-electron chi connectivity index (χ3n) is 5.09. The second kappa shape index (κ2) is 20.0. The van der Waals surface area contributed by atoms with Gasteiger partial charge in [0.15, 0.2) is 5.13 Å². The summed E-state index contributed by atoms with van der Waals surface area (Å²) in [4.78, 5) is 15.4. The lowest BCUT2D eigenvalue weighted by atomic mass is 10.0. The fourth-order valence-corrected chi connectivity index (χ4v) is 4.98. The van der Waals surface area contributed by atoms with Gasteiger partial charge < -0.3 is 10.6 Å². The number of thiazole rings is 1. The minimum absolute atomic E-state index is 0.0597. The van der Waals surface area contributed by atoms with Crippen LogP contribution in [-0.2, 0) is 12.8 Å². The number of nitrogens with zero attached hydrogens (tertiary/aromatic N) is 2. The zero-order chi connectivity index (χ0) is 29.0. The molecule has 9 heteroatoms. The molecule has 2 heterocycles. The Labute approximate surface area is 247 Å². The highest BCUT2D eigenvalue weighted by molar-refractivity contribution is 8.03. The molecule has 1 aliphatic rings. The Balaban J connectivity index is 0.00000181. The van der Waals surface area contributed by atoms with E-state index in [0.29, 0.717) is 6.42 Å². The molecule has 210 valence electrons. The van der Waals surface area contributed by atoms with Crippen molar-refractivity contribution in [2.75, 3.05) is 5.32 Å². The summed E-state index contributed by atoms with van der Waals surface area (Å²) in [6.45, 7) is 13.8. The van der Waals surface area contributed by atoms with Gasteiger partial charge in [-0.05, 0) is 29.7 Å². The fraction of sp³-hybridized carbons (Fsp3) is 0.300. The van der Waals surface area contributed by atoms with Crippen molar-refractivity contribution >= 4 is 46.5 Å². The highest BCUT2D eigenvalue weighted by Crippen LogP contribution is 2.28. The standard InChI is InChI=1S/C26H28N4O2S3.2C2H6/c1-3-19(2)8-4-5-9-21-17-35-26(27-21)29-23(16-20-11-13-22(14-12-20)30(31)32)24-18-34-25(28-24)10-6-7-15-33;2*1-2/h3-8,10-15,17-18,23,25,28,33H,1,9,16H2,2H3,(H,27,29);2*1-2H3/b5-4-,10-6+,15-7-,19-8-;;/t23-,25?;;/m0../s1. The van der Waals surface area contributed by atoms with E-state index < -0.39 is 0 Å². The number of allylic oxidation sites excluding steroid dienone is 7. The fourth-order valence-electron chi connectivity index (χ4n) is 3.19. The first kappa shape index (κ1) is 34.0. The van der Waals surface area contributed by atoms with E-state index >= 15 is 0 Å². The number of thiol groups is 1. The molecule has 39 heavy (non-hydrogen) atoms. The van der Waals surface area contributed by atoms with Crippen molar-refractivity contribution in [2.45, 2.75) is 58.9 Å². The lowest BCUT2D eigenvalue weighted by Gasteiger charge is -2.21. The molecule has 0 saturated carbocycles. The number of non-ortho nitro benzene ring substituents is 1. The van der Waals surface area contributed by atoms with Crippen molar-refractivity contribution in [3.63, 3.8) is 0 Å². The van der Waals surface area contributed by atoms with Gasteiger partial charge in [-0.15, -0.1) is 23.1 Å². The van der Waals surface area contributed by atoms with Crippen molar-refractivity contribution in [1.82, 2.24) is 10.3 Å². The molecule has 3 rings (SSSR count). The van der Waals surface area contributed by atoms with Crippen LogP contribution in [0.25, 0.3) is 0 Å². The maximum atomic E-state index is 11.0. The number of benzene rings is 1. The molecule has 2 aromatic rings. The van der Waals surface area contributed by atoms with E-state index in [4.69, 9.17) is 4.98 Å². The van der Waals surface area contributed by atoms with E-state index in [-0.39, 0.29) is 22.0 Å². The zero-order valence-electron chi connectivity index (χ0n) is 23.3. The van der Waals surface area contributed by atoms with Gasteiger partial charge in [-0.1, -0.05) is 94.5 Å². The molecule has 0 spiro atoms. The van der Waals surface area contributed by atoms with Crippen LogP contribution < -0.4 is 10.6 Å². The Kier molecular flexibility index (Phi) is 17.4. The van der Waals surface area contributed by atoms with Gasteiger partial charge in [0.25, 0.3) is 5.69 Å². The average molecular weight is 585 g/mol. The summed E-state index contributed by atoms with van der Waals surface area (Å²) in [7, 11) is 0. The Morgan fingerprint density at radius 3 is 2.59 bits per heavy atom. The second-order valence-electron chi connectivity index (χ2n) is 7.72. The quantitative estimate of drug-likeness (QED) is 0.100. The molecular weight excluding hydrogens is 545 g/mol. The Bertz CT molecular complexity index is 1170. The Morgan fingerprint density at radius 2 is 1.95 bits per heavy atom. The van der Waals surface area contributed by atoms with Gasteiger partial charge in [-0.2, -0.15) is 12.6 Å². The molecule has 0 aliphatic carbocycles. The third-order valence-corrected chi connectivity index (χ3v) is 7.04. The summed E-state index contributed by atoms with van der Waals surface area (Å²) < 4.78 is 0. The molecule has 1 unspecified atom stereocenters. The number of hydrogen-bond acceptors (Lipinski definition) is 8. The lowest BCUT2D eigenvalue weighted by Crippen LogP contribution is -2.33. The highest BCUT2D eigenvalue weighted by Gasteiger charge is 2.23. The zero-order valence-corrected chi connectivity index (χ0v) is 25.9. The molecule has 2 N–H and O–H groups in total. The number of hydrogen-bond donors (Lipinski definition) is 3. The number of thioether (sulfide) groups is 1. The first-order valence-corrected chi connectivity index (χ1v) is 15.3. The maximum absolute atomic E-state index is 11.0. The number of nitro benzene ring substituents is 1. The lowest BCUT2D eigenvalue weighted by molar-refractivity contribution is -0.384. The molecule has 0 saturated heterocycles. The maximum Gasteiger partial charge on any atom is 0.269 e. The van der Waals surface area contributed by atoms with Gasteiger partial charge >= 0.3 is 0 Å². The van der Waals surface area contributed by atoms with E-state index in [2.05, 4.69) is 52.8 Å². The predicted molar refractivity (Wildman–Crippen MR) is 176 cm³/mol. The summed E-state index contributed by atoms with van der Waals surface area (Å²) in [5.41, 5.74) is 4.25. The monoisotopic (exact) mass is 584 g/mol. The van der Waals surface area contributed by atoms with Gasteiger partial charge in [-0.25, -0.2) is 4.98 Å². The van der Waals surface area contributed by atoms with Crippen molar-refractivity contribution in [1.29, 1.82) is 0 Å². The molecular formula is C30H40N4O2S3. The van der Waals surface area contributed by atoms with E-state index in [1.807, 2.05) is 65.0 Å².